The predicted molar refractivity (Wildman–Crippen MR) is 104 cm³/mol. The second kappa shape index (κ2) is 9.61. The first-order valence-electron chi connectivity index (χ1n) is 9.91. The fraction of sp³-hybridized carbons (Fsp3) is 0.667. The normalized spacial score (nSPS) is 33.9. The number of benzene rings is 1. The summed E-state index contributed by atoms with van der Waals surface area (Å²) in [6.45, 7) is 5.24. The van der Waals surface area contributed by atoms with Gasteiger partial charge < -0.3 is 34.1 Å². The van der Waals surface area contributed by atoms with Gasteiger partial charge in [0.25, 0.3) is 0 Å². The molecule has 29 heavy (non-hydrogen) atoms. The van der Waals surface area contributed by atoms with Crippen LogP contribution in [0.15, 0.2) is 24.3 Å². The highest BCUT2D eigenvalue weighted by Gasteiger charge is 2.53. The summed E-state index contributed by atoms with van der Waals surface area (Å²) in [5.74, 6) is -0.0115. The van der Waals surface area contributed by atoms with Crippen molar-refractivity contribution < 1.29 is 33.6 Å². The van der Waals surface area contributed by atoms with E-state index in [9.17, 15) is 9.90 Å². The molecule has 0 amide bonds. The van der Waals surface area contributed by atoms with E-state index in [0.29, 0.717) is 0 Å². The molecule has 2 fully saturated rings. The minimum Gasteiger partial charge on any atom is -0.392 e. The SMILES string of the molecule is CNC(C(C)=O)C(C)OC1OC(C)[C@H]2OC(c3ccc(CO)cc3)OC2C1OC. The maximum atomic E-state index is 11.8. The van der Waals surface area contributed by atoms with Gasteiger partial charge in [0.05, 0.1) is 24.9 Å². The van der Waals surface area contributed by atoms with Crippen molar-refractivity contribution >= 4 is 5.78 Å². The molecule has 7 unspecified atom stereocenters. The standard InChI is InChI=1S/C21H31NO7/c1-11(24)16(22-4)12(2)26-21-19(25-5)18-17(13(3)27-21)28-20(29-18)15-8-6-14(10-23)7-9-15/h6-9,12-13,16-23H,10H2,1-5H3/t12?,13?,16?,17-,18?,19?,20?,21?/m1/s1. The molecule has 2 N–H and O–H groups in total. The van der Waals surface area contributed by atoms with Crippen LogP contribution in [0.25, 0.3) is 0 Å². The number of fused-ring (bicyclic) bond motifs is 1. The Hall–Kier alpha value is -1.39. The lowest BCUT2D eigenvalue weighted by molar-refractivity contribution is -0.291. The molecule has 8 nitrogen and oxygen atoms in total. The summed E-state index contributed by atoms with van der Waals surface area (Å²) < 4.78 is 30.1. The van der Waals surface area contributed by atoms with Crippen LogP contribution in [0.1, 0.15) is 38.2 Å². The van der Waals surface area contributed by atoms with Gasteiger partial charge >= 0.3 is 0 Å². The first-order chi connectivity index (χ1) is 13.9. The van der Waals surface area contributed by atoms with Gasteiger partial charge in [0, 0.05) is 12.7 Å². The van der Waals surface area contributed by atoms with Gasteiger partial charge in [0.1, 0.15) is 24.1 Å². The number of nitrogens with one attached hydrogen (secondary N) is 1. The van der Waals surface area contributed by atoms with Crippen LogP contribution in [-0.2, 0) is 35.1 Å². The average Bonchev–Trinajstić information content (AvgIpc) is 3.14. The van der Waals surface area contributed by atoms with Gasteiger partial charge in [-0.3, -0.25) is 4.79 Å². The Kier molecular flexibility index (Phi) is 7.39. The van der Waals surface area contributed by atoms with Gasteiger partial charge in [-0.15, -0.1) is 0 Å². The number of aliphatic hydroxyl groups is 1. The maximum absolute atomic E-state index is 11.8. The quantitative estimate of drug-likeness (QED) is 0.664. The van der Waals surface area contributed by atoms with E-state index in [1.54, 1.807) is 14.2 Å². The number of ketones is 1. The van der Waals surface area contributed by atoms with E-state index in [0.717, 1.165) is 11.1 Å². The van der Waals surface area contributed by atoms with Gasteiger partial charge in [-0.2, -0.15) is 0 Å². The van der Waals surface area contributed by atoms with Crippen molar-refractivity contribution in [1.82, 2.24) is 5.32 Å². The van der Waals surface area contributed by atoms with Crippen LogP contribution in [0.2, 0.25) is 0 Å². The molecule has 2 aliphatic heterocycles. The zero-order valence-electron chi connectivity index (χ0n) is 17.5. The molecular formula is C21H31NO7. The minimum atomic E-state index is -0.694. The number of Topliss-reactive ketones (excluding diaryl/α,β-unsaturated/α-hetero) is 1. The third-order valence-corrected chi connectivity index (χ3v) is 5.56. The average molecular weight is 409 g/mol. The van der Waals surface area contributed by atoms with Gasteiger partial charge in [0.2, 0.25) is 0 Å². The Balaban J connectivity index is 1.73. The molecule has 0 radical (unpaired) electrons. The Morgan fingerprint density at radius 2 is 1.86 bits per heavy atom. The lowest BCUT2D eigenvalue weighted by Crippen LogP contribution is -2.58. The Labute approximate surface area is 171 Å². The topological polar surface area (TPSA) is 95.5 Å². The molecule has 2 heterocycles. The van der Waals surface area contributed by atoms with Crippen molar-refractivity contribution in [1.29, 1.82) is 0 Å². The van der Waals surface area contributed by atoms with Crippen LogP contribution < -0.4 is 5.32 Å². The number of hydrogen-bond donors (Lipinski definition) is 2. The van der Waals surface area contributed by atoms with E-state index in [1.165, 1.54) is 6.92 Å². The van der Waals surface area contributed by atoms with E-state index in [-0.39, 0.29) is 30.7 Å². The molecule has 1 aromatic carbocycles. The first-order valence-corrected chi connectivity index (χ1v) is 9.91. The summed E-state index contributed by atoms with van der Waals surface area (Å²) >= 11 is 0. The number of ether oxygens (including phenoxy) is 5. The van der Waals surface area contributed by atoms with E-state index in [1.807, 2.05) is 38.1 Å². The van der Waals surface area contributed by atoms with Gasteiger partial charge in [0.15, 0.2) is 12.6 Å². The van der Waals surface area contributed by atoms with Crippen molar-refractivity contribution in [3.63, 3.8) is 0 Å². The number of aliphatic hydroxyl groups excluding tert-OH is 1. The zero-order chi connectivity index (χ0) is 21.1. The number of carbonyl (C=O) groups is 1. The Morgan fingerprint density at radius 3 is 2.41 bits per heavy atom. The third-order valence-electron chi connectivity index (χ3n) is 5.56. The third kappa shape index (κ3) is 4.69. The minimum absolute atomic E-state index is 0.0115. The highest BCUT2D eigenvalue weighted by Crippen LogP contribution is 2.40. The highest BCUT2D eigenvalue weighted by atomic mass is 16.8. The molecule has 162 valence electrons. The Morgan fingerprint density at radius 1 is 1.21 bits per heavy atom. The summed E-state index contributed by atoms with van der Waals surface area (Å²) in [7, 11) is 3.30. The van der Waals surface area contributed by atoms with Crippen LogP contribution in [0.4, 0.5) is 0 Å². The summed E-state index contributed by atoms with van der Waals surface area (Å²) in [4.78, 5) is 11.8. The van der Waals surface area contributed by atoms with E-state index < -0.39 is 30.8 Å². The van der Waals surface area contributed by atoms with E-state index >= 15 is 0 Å². The van der Waals surface area contributed by atoms with E-state index in [2.05, 4.69) is 5.32 Å². The molecular weight excluding hydrogens is 378 g/mol. The second-order valence-electron chi connectivity index (χ2n) is 7.56. The van der Waals surface area contributed by atoms with Crippen LogP contribution in [-0.4, -0.2) is 67.9 Å². The van der Waals surface area contributed by atoms with Gasteiger partial charge in [-0.25, -0.2) is 0 Å². The van der Waals surface area contributed by atoms with Crippen molar-refractivity contribution in [2.24, 2.45) is 0 Å². The van der Waals surface area contributed by atoms with Crippen molar-refractivity contribution in [3.05, 3.63) is 35.4 Å². The molecule has 2 saturated heterocycles. The van der Waals surface area contributed by atoms with E-state index in [4.69, 9.17) is 23.7 Å². The smallest absolute Gasteiger partial charge is 0.187 e. The zero-order valence-corrected chi connectivity index (χ0v) is 17.5. The largest absolute Gasteiger partial charge is 0.392 e. The fourth-order valence-corrected chi connectivity index (χ4v) is 3.99. The monoisotopic (exact) mass is 409 g/mol. The number of likely N-dealkylation sites (N-methyl/N-ethyl adjacent to an activating group) is 1. The van der Waals surface area contributed by atoms with Crippen LogP contribution in [0, 0.1) is 0 Å². The summed E-state index contributed by atoms with van der Waals surface area (Å²) in [5, 5.41) is 12.2. The summed E-state index contributed by atoms with van der Waals surface area (Å²) in [6.07, 6.45) is -3.15. The summed E-state index contributed by atoms with van der Waals surface area (Å²) in [6, 6.07) is 6.99. The molecule has 0 aliphatic carbocycles. The lowest BCUT2D eigenvalue weighted by Gasteiger charge is -2.41. The maximum Gasteiger partial charge on any atom is 0.187 e. The molecule has 1 aromatic rings. The fourth-order valence-electron chi connectivity index (χ4n) is 3.99. The lowest BCUT2D eigenvalue weighted by atomic mass is 9.99. The van der Waals surface area contributed by atoms with Crippen molar-refractivity contribution in [2.75, 3.05) is 14.2 Å². The van der Waals surface area contributed by atoms with Gasteiger partial charge in [-0.05, 0) is 33.4 Å². The van der Waals surface area contributed by atoms with Crippen molar-refractivity contribution in [3.8, 4) is 0 Å². The number of hydrogen-bond acceptors (Lipinski definition) is 8. The second-order valence-corrected chi connectivity index (χ2v) is 7.56. The van der Waals surface area contributed by atoms with Crippen LogP contribution in [0.3, 0.4) is 0 Å². The molecule has 0 spiro atoms. The molecule has 8 heteroatoms. The molecule has 0 saturated carbocycles. The summed E-state index contributed by atoms with van der Waals surface area (Å²) in [5.41, 5.74) is 1.68. The van der Waals surface area contributed by atoms with Crippen LogP contribution in [0.5, 0.6) is 0 Å². The van der Waals surface area contributed by atoms with Crippen molar-refractivity contribution in [2.45, 2.75) is 76.5 Å². The van der Waals surface area contributed by atoms with Gasteiger partial charge in [-0.1, -0.05) is 24.3 Å². The molecule has 0 bridgehead atoms. The highest BCUT2D eigenvalue weighted by molar-refractivity contribution is 5.82. The van der Waals surface area contributed by atoms with Crippen LogP contribution >= 0.6 is 0 Å². The Bertz CT molecular complexity index is 682. The molecule has 0 aromatic heterocycles. The number of rotatable bonds is 8. The molecule has 2 aliphatic rings. The molecule has 3 rings (SSSR count). The predicted octanol–water partition coefficient (Wildman–Crippen LogP) is 1.30. The number of methoxy groups -OCH3 is 1. The first kappa shape index (κ1) is 22.3. The molecule has 8 atom stereocenters. The number of carbonyl (C=O) groups excluding carboxylic acids is 1.